The van der Waals surface area contributed by atoms with Crippen LogP contribution in [0.3, 0.4) is 0 Å². The van der Waals surface area contributed by atoms with Gasteiger partial charge < -0.3 is 10.1 Å². The zero-order valence-corrected chi connectivity index (χ0v) is 18.3. The first-order valence-electron chi connectivity index (χ1n) is 9.74. The van der Waals surface area contributed by atoms with Crippen molar-refractivity contribution in [3.63, 3.8) is 0 Å². The number of hydrogen-bond acceptors (Lipinski definition) is 6. The molecule has 31 heavy (non-hydrogen) atoms. The molecular formula is C22H24N4O4S. The van der Waals surface area contributed by atoms with Crippen LogP contribution in [-0.4, -0.2) is 30.4 Å². The summed E-state index contributed by atoms with van der Waals surface area (Å²) in [5.41, 5.74) is 1.78. The minimum atomic E-state index is -3.87. The second-order valence-corrected chi connectivity index (χ2v) is 8.60. The summed E-state index contributed by atoms with van der Waals surface area (Å²) in [6, 6.07) is 16.7. The molecule has 162 valence electrons. The fourth-order valence-electron chi connectivity index (χ4n) is 2.88. The third kappa shape index (κ3) is 6.02. The molecule has 0 spiro atoms. The summed E-state index contributed by atoms with van der Waals surface area (Å²) in [6.07, 6.45) is -0.193. The van der Waals surface area contributed by atoms with E-state index in [4.69, 9.17) is 4.74 Å². The van der Waals surface area contributed by atoms with Gasteiger partial charge in [-0.2, -0.15) is 0 Å². The monoisotopic (exact) mass is 440 g/mol. The van der Waals surface area contributed by atoms with Crippen LogP contribution in [0.1, 0.15) is 24.7 Å². The zero-order valence-electron chi connectivity index (χ0n) is 17.5. The lowest BCUT2D eigenvalue weighted by atomic mass is 10.2. The molecule has 0 saturated heterocycles. The lowest BCUT2D eigenvalue weighted by Gasteiger charge is -2.17. The van der Waals surface area contributed by atoms with Gasteiger partial charge in [0.25, 0.3) is 15.9 Å². The molecule has 1 amide bonds. The second-order valence-electron chi connectivity index (χ2n) is 6.92. The maximum Gasteiger partial charge on any atom is 0.265 e. The largest absolute Gasteiger partial charge is 0.481 e. The normalized spacial score (nSPS) is 12.1. The molecule has 0 aliphatic heterocycles. The molecule has 1 aromatic heterocycles. The van der Waals surface area contributed by atoms with E-state index in [0.29, 0.717) is 29.2 Å². The van der Waals surface area contributed by atoms with E-state index < -0.39 is 16.1 Å². The van der Waals surface area contributed by atoms with Gasteiger partial charge in [0.05, 0.1) is 4.90 Å². The summed E-state index contributed by atoms with van der Waals surface area (Å²) in [4.78, 5) is 20.8. The van der Waals surface area contributed by atoms with Crippen LogP contribution in [0.2, 0.25) is 0 Å². The van der Waals surface area contributed by atoms with E-state index in [-0.39, 0.29) is 16.8 Å². The molecule has 0 radical (unpaired) electrons. The Hall–Kier alpha value is -3.46. The van der Waals surface area contributed by atoms with E-state index in [9.17, 15) is 13.2 Å². The molecule has 0 bridgehead atoms. The third-order valence-electron chi connectivity index (χ3n) is 4.32. The Kier molecular flexibility index (Phi) is 6.86. The van der Waals surface area contributed by atoms with Crippen LogP contribution in [0.25, 0.3) is 0 Å². The van der Waals surface area contributed by atoms with E-state index in [1.54, 1.807) is 32.0 Å². The Morgan fingerprint density at radius 2 is 1.61 bits per heavy atom. The van der Waals surface area contributed by atoms with Crippen LogP contribution < -0.4 is 14.8 Å². The van der Waals surface area contributed by atoms with Gasteiger partial charge in [-0.3, -0.25) is 4.79 Å². The summed E-state index contributed by atoms with van der Waals surface area (Å²) < 4.78 is 33.3. The highest BCUT2D eigenvalue weighted by atomic mass is 32.2. The minimum Gasteiger partial charge on any atom is -0.481 e. The number of ether oxygens (including phenoxy) is 1. The molecule has 3 rings (SSSR count). The molecule has 1 atom stereocenters. The first-order chi connectivity index (χ1) is 14.8. The second kappa shape index (κ2) is 9.57. The number of aromatic nitrogens is 2. The van der Waals surface area contributed by atoms with Gasteiger partial charge in [0.2, 0.25) is 5.95 Å². The number of aryl methyl sites for hydroxylation is 2. The number of para-hydroxylation sites is 1. The van der Waals surface area contributed by atoms with Crippen LogP contribution in [0, 0.1) is 13.8 Å². The van der Waals surface area contributed by atoms with Crippen LogP contribution in [0.15, 0.2) is 65.6 Å². The number of carbonyl (C=O) groups is 1. The average molecular weight is 441 g/mol. The Morgan fingerprint density at radius 3 is 2.19 bits per heavy atom. The lowest BCUT2D eigenvalue weighted by molar-refractivity contribution is -0.122. The van der Waals surface area contributed by atoms with Gasteiger partial charge in [0.1, 0.15) is 5.75 Å². The Morgan fingerprint density at radius 1 is 1.00 bits per heavy atom. The van der Waals surface area contributed by atoms with Crippen LogP contribution in [0.5, 0.6) is 5.75 Å². The maximum absolute atomic E-state index is 12.6. The molecular weight excluding hydrogens is 416 g/mol. The van der Waals surface area contributed by atoms with E-state index in [0.717, 1.165) is 0 Å². The van der Waals surface area contributed by atoms with Crippen LogP contribution in [0.4, 0.5) is 11.6 Å². The number of amides is 1. The average Bonchev–Trinajstić information content (AvgIpc) is 2.72. The van der Waals surface area contributed by atoms with Crippen LogP contribution in [-0.2, 0) is 14.8 Å². The fraction of sp³-hybridized carbons (Fsp3) is 0.227. The summed E-state index contributed by atoms with van der Waals surface area (Å²) in [5.74, 6) is 0.299. The SMILES string of the molecule is CC[C@H](Oc1ccccc1)C(=O)Nc1ccc(S(=O)(=O)Nc2nc(C)cc(C)n2)cc1. The highest BCUT2D eigenvalue weighted by Crippen LogP contribution is 2.18. The van der Waals surface area contributed by atoms with Gasteiger partial charge in [0, 0.05) is 17.1 Å². The summed E-state index contributed by atoms with van der Waals surface area (Å²) in [7, 11) is -3.87. The Labute approximate surface area is 181 Å². The van der Waals surface area contributed by atoms with Gasteiger partial charge >= 0.3 is 0 Å². The highest BCUT2D eigenvalue weighted by molar-refractivity contribution is 7.92. The van der Waals surface area contributed by atoms with Crippen molar-refractivity contribution < 1.29 is 17.9 Å². The van der Waals surface area contributed by atoms with Gasteiger partial charge in [-0.15, -0.1) is 0 Å². The topological polar surface area (TPSA) is 110 Å². The third-order valence-corrected chi connectivity index (χ3v) is 5.67. The number of nitrogens with zero attached hydrogens (tertiary/aromatic N) is 2. The van der Waals surface area contributed by atoms with Gasteiger partial charge in [-0.1, -0.05) is 25.1 Å². The van der Waals surface area contributed by atoms with E-state index in [2.05, 4.69) is 20.0 Å². The maximum atomic E-state index is 12.6. The van der Waals surface area contributed by atoms with Crippen molar-refractivity contribution in [1.29, 1.82) is 0 Å². The predicted octanol–water partition coefficient (Wildman–Crippen LogP) is 3.69. The number of benzene rings is 2. The number of rotatable bonds is 8. The molecule has 0 saturated carbocycles. The van der Waals surface area contributed by atoms with Crippen molar-refractivity contribution in [3.8, 4) is 5.75 Å². The standard InChI is InChI=1S/C22H24N4O4S/c1-4-20(30-18-8-6-5-7-9-18)21(27)25-17-10-12-19(13-11-17)31(28,29)26-22-23-15(2)14-16(3)24-22/h5-14,20H,4H2,1-3H3,(H,25,27)(H,23,24,26)/t20-/m0/s1. The highest BCUT2D eigenvalue weighted by Gasteiger charge is 2.20. The van der Waals surface area contributed by atoms with E-state index in [1.165, 1.54) is 24.3 Å². The number of anilines is 2. The first-order valence-corrected chi connectivity index (χ1v) is 11.2. The Balaban J connectivity index is 1.68. The zero-order chi connectivity index (χ0) is 22.4. The summed E-state index contributed by atoms with van der Waals surface area (Å²) in [6.45, 7) is 5.37. The first kappa shape index (κ1) is 22.2. The molecule has 8 nitrogen and oxygen atoms in total. The van der Waals surface area contributed by atoms with E-state index in [1.807, 2.05) is 25.1 Å². The summed E-state index contributed by atoms with van der Waals surface area (Å²) >= 11 is 0. The molecule has 9 heteroatoms. The van der Waals surface area contributed by atoms with Crippen LogP contribution >= 0.6 is 0 Å². The number of nitrogens with one attached hydrogen (secondary N) is 2. The van der Waals surface area contributed by atoms with Crippen molar-refractivity contribution in [3.05, 3.63) is 72.1 Å². The molecule has 3 aromatic rings. The fourth-order valence-corrected chi connectivity index (χ4v) is 3.82. The van der Waals surface area contributed by atoms with Gasteiger partial charge in [-0.25, -0.2) is 23.1 Å². The molecule has 0 unspecified atom stereocenters. The summed E-state index contributed by atoms with van der Waals surface area (Å²) in [5, 5.41) is 2.75. The predicted molar refractivity (Wildman–Crippen MR) is 119 cm³/mol. The van der Waals surface area contributed by atoms with Crippen molar-refractivity contribution >= 4 is 27.6 Å². The number of hydrogen-bond donors (Lipinski definition) is 2. The quantitative estimate of drug-likeness (QED) is 0.553. The molecule has 0 aliphatic carbocycles. The minimum absolute atomic E-state index is 0.0127. The molecule has 2 aromatic carbocycles. The Bertz CT molecular complexity index is 1130. The smallest absolute Gasteiger partial charge is 0.265 e. The van der Waals surface area contributed by atoms with Crippen molar-refractivity contribution in [2.45, 2.75) is 38.2 Å². The molecule has 1 heterocycles. The lowest BCUT2D eigenvalue weighted by Crippen LogP contribution is -2.32. The molecule has 0 aliphatic rings. The number of carbonyl (C=O) groups excluding carboxylic acids is 1. The van der Waals surface area contributed by atoms with Crippen molar-refractivity contribution in [2.24, 2.45) is 0 Å². The molecule has 2 N–H and O–H groups in total. The van der Waals surface area contributed by atoms with Crippen molar-refractivity contribution in [2.75, 3.05) is 10.0 Å². The number of sulfonamides is 1. The van der Waals surface area contributed by atoms with Crippen molar-refractivity contribution in [1.82, 2.24) is 9.97 Å². The van der Waals surface area contributed by atoms with Gasteiger partial charge in [-0.05, 0) is 62.7 Å². The van der Waals surface area contributed by atoms with E-state index >= 15 is 0 Å². The molecule has 0 fully saturated rings. The van der Waals surface area contributed by atoms with Gasteiger partial charge in [0.15, 0.2) is 6.10 Å².